The van der Waals surface area contributed by atoms with Crippen molar-refractivity contribution in [2.45, 2.75) is 25.6 Å². The maximum atomic E-state index is 12.5. The van der Waals surface area contributed by atoms with Gasteiger partial charge in [-0.05, 0) is 23.8 Å². The van der Waals surface area contributed by atoms with E-state index in [1.165, 1.54) is 5.56 Å². The van der Waals surface area contributed by atoms with Gasteiger partial charge in [0.05, 0.1) is 13.5 Å². The highest BCUT2D eigenvalue weighted by Gasteiger charge is 2.33. The van der Waals surface area contributed by atoms with E-state index in [2.05, 4.69) is 17.0 Å². The third kappa shape index (κ3) is 5.18. The summed E-state index contributed by atoms with van der Waals surface area (Å²) in [5.41, 5.74) is 2.72. The summed E-state index contributed by atoms with van der Waals surface area (Å²) in [6, 6.07) is 14.9. The lowest BCUT2D eigenvalue weighted by atomic mass is 10.0. The Balaban J connectivity index is 1.59. The van der Waals surface area contributed by atoms with Gasteiger partial charge >= 0.3 is 11.9 Å². The highest BCUT2D eigenvalue weighted by atomic mass is 16.5. The molecule has 0 amide bonds. The number of methoxy groups -OCH3 is 1. The maximum Gasteiger partial charge on any atom is 0.325 e. The Labute approximate surface area is 192 Å². The minimum Gasteiger partial charge on any atom is -0.497 e. The Kier molecular flexibility index (Phi) is 6.96. The summed E-state index contributed by atoms with van der Waals surface area (Å²) in [4.78, 5) is 27.9. The zero-order chi connectivity index (χ0) is 23.4. The molecule has 1 atom stereocenters. The summed E-state index contributed by atoms with van der Waals surface area (Å²) in [5.74, 6) is -1.17. The van der Waals surface area contributed by atoms with E-state index < -0.39 is 18.0 Å². The van der Waals surface area contributed by atoms with Crippen LogP contribution in [0, 0.1) is 0 Å². The van der Waals surface area contributed by atoms with E-state index in [9.17, 15) is 14.7 Å². The number of rotatable bonds is 9. The van der Waals surface area contributed by atoms with E-state index in [4.69, 9.17) is 9.84 Å². The van der Waals surface area contributed by atoms with E-state index >= 15 is 0 Å². The molecular formula is C25H29N3O5. The Morgan fingerprint density at radius 2 is 1.76 bits per heavy atom. The van der Waals surface area contributed by atoms with Crippen LogP contribution in [0.3, 0.4) is 0 Å². The summed E-state index contributed by atoms with van der Waals surface area (Å²) in [7, 11) is 1.57. The topological polar surface area (TPSA) is 95.2 Å². The molecule has 2 heterocycles. The van der Waals surface area contributed by atoms with E-state index in [1.54, 1.807) is 13.3 Å². The first-order valence-electron chi connectivity index (χ1n) is 11.1. The van der Waals surface area contributed by atoms with Crippen LogP contribution in [0.5, 0.6) is 5.75 Å². The molecule has 2 N–H and O–H groups in total. The average molecular weight is 452 g/mol. The second-order valence-corrected chi connectivity index (χ2v) is 8.34. The molecule has 1 aliphatic heterocycles. The molecule has 8 heteroatoms. The van der Waals surface area contributed by atoms with Gasteiger partial charge in [-0.1, -0.05) is 30.3 Å². The molecule has 1 saturated heterocycles. The Morgan fingerprint density at radius 3 is 2.39 bits per heavy atom. The van der Waals surface area contributed by atoms with Crippen molar-refractivity contribution in [2.75, 3.05) is 33.3 Å². The summed E-state index contributed by atoms with van der Waals surface area (Å²) in [5, 5.41) is 20.1. The van der Waals surface area contributed by atoms with Crippen LogP contribution in [0.4, 0.5) is 0 Å². The number of aromatic nitrogens is 1. The summed E-state index contributed by atoms with van der Waals surface area (Å²) in [6.07, 6.45) is 1.76. The molecule has 0 bridgehead atoms. The number of fused-ring (bicyclic) bond motifs is 1. The zero-order valence-corrected chi connectivity index (χ0v) is 18.7. The fraction of sp³-hybridized carbons (Fsp3) is 0.360. The highest BCUT2D eigenvalue weighted by molar-refractivity contribution is 5.90. The number of aliphatic carboxylic acids is 2. The van der Waals surface area contributed by atoms with Crippen LogP contribution in [0.25, 0.3) is 10.9 Å². The summed E-state index contributed by atoms with van der Waals surface area (Å²) >= 11 is 0. The van der Waals surface area contributed by atoms with Crippen LogP contribution >= 0.6 is 0 Å². The van der Waals surface area contributed by atoms with E-state index in [0.717, 1.165) is 30.5 Å². The minimum atomic E-state index is -0.911. The first-order chi connectivity index (χ1) is 16.0. The number of piperazine rings is 1. The number of hydrogen-bond acceptors (Lipinski definition) is 5. The van der Waals surface area contributed by atoms with Crippen molar-refractivity contribution in [3.8, 4) is 5.75 Å². The van der Waals surface area contributed by atoms with Crippen LogP contribution in [0.1, 0.15) is 23.6 Å². The summed E-state index contributed by atoms with van der Waals surface area (Å²) in [6.45, 7) is 3.94. The fourth-order valence-corrected chi connectivity index (χ4v) is 4.56. The van der Waals surface area contributed by atoms with Gasteiger partial charge in [0.1, 0.15) is 11.8 Å². The van der Waals surface area contributed by atoms with E-state index in [0.29, 0.717) is 24.4 Å². The number of carbonyl (C=O) groups is 2. The number of carboxylic acids is 2. The van der Waals surface area contributed by atoms with Gasteiger partial charge in [-0.2, -0.15) is 0 Å². The SMILES string of the molecule is COc1ccc2c(c1)c(C(C(=O)O)N1CCN(Cc3ccccc3)CC1)cn2CCC(=O)O. The highest BCUT2D eigenvalue weighted by Crippen LogP contribution is 2.34. The largest absolute Gasteiger partial charge is 0.497 e. The quantitative estimate of drug-likeness (QED) is 0.516. The van der Waals surface area contributed by atoms with Crippen molar-refractivity contribution >= 4 is 22.8 Å². The molecule has 3 aromatic rings. The Hall–Kier alpha value is -3.36. The minimum absolute atomic E-state index is 0.0366. The van der Waals surface area contributed by atoms with Crippen molar-refractivity contribution in [1.82, 2.24) is 14.4 Å². The molecule has 4 rings (SSSR count). The van der Waals surface area contributed by atoms with Gasteiger partial charge in [-0.25, -0.2) is 0 Å². The van der Waals surface area contributed by atoms with Gasteiger partial charge in [0.2, 0.25) is 0 Å². The van der Waals surface area contributed by atoms with Crippen molar-refractivity contribution in [3.63, 3.8) is 0 Å². The van der Waals surface area contributed by atoms with Crippen LogP contribution in [-0.2, 0) is 22.7 Å². The predicted molar refractivity (Wildman–Crippen MR) is 124 cm³/mol. The van der Waals surface area contributed by atoms with Gasteiger partial charge in [-0.3, -0.25) is 19.4 Å². The average Bonchev–Trinajstić information content (AvgIpc) is 3.16. The molecule has 1 unspecified atom stereocenters. The number of carboxylic acid groups (broad SMARTS) is 2. The first-order valence-corrected chi connectivity index (χ1v) is 11.1. The molecule has 8 nitrogen and oxygen atoms in total. The van der Waals surface area contributed by atoms with Gasteiger partial charge in [0.15, 0.2) is 0 Å². The molecule has 0 saturated carbocycles. The van der Waals surface area contributed by atoms with Crippen LogP contribution < -0.4 is 4.74 Å². The molecule has 0 spiro atoms. The molecule has 1 aromatic heterocycles. The number of nitrogens with zero attached hydrogens (tertiary/aromatic N) is 3. The van der Waals surface area contributed by atoms with Gasteiger partial charge in [-0.15, -0.1) is 0 Å². The maximum absolute atomic E-state index is 12.5. The van der Waals surface area contributed by atoms with Gasteiger partial charge < -0.3 is 19.5 Å². The molecule has 174 valence electrons. The van der Waals surface area contributed by atoms with Crippen LogP contribution in [0.2, 0.25) is 0 Å². The number of aryl methyl sites for hydroxylation is 1. The zero-order valence-electron chi connectivity index (χ0n) is 18.7. The predicted octanol–water partition coefficient (Wildman–Crippen LogP) is 3.07. The number of hydrogen-bond donors (Lipinski definition) is 2. The lowest BCUT2D eigenvalue weighted by molar-refractivity contribution is -0.144. The van der Waals surface area contributed by atoms with Crippen molar-refractivity contribution in [1.29, 1.82) is 0 Å². The smallest absolute Gasteiger partial charge is 0.325 e. The lowest BCUT2D eigenvalue weighted by Crippen LogP contribution is -2.48. The number of ether oxygens (including phenoxy) is 1. The van der Waals surface area contributed by atoms with E-state index in [1.807, 2.05) is 45.9 Å². The van der Waals surface area contributed by atoms with Crippen molar-refractivity contribution in [2.24, 2.45) is 0 Å². The van der Waals surface area contributed by atoms with Crippen LogP contribution in [0.15, 0.2) is 54.7 Å². The molecule has 1 fully saturated rings. The normalized spacial score (nSPS) is 16.0. The lowest BCUT2D eigenvalue weighted by Gasteiger charge is -2.37. The molecule has 0 radical (unpaired) electrons. The Morgan fingerprint density at radius 1 is 1.03 bits per heavy atom. The Bertz CT molecular complexity index is 1120. The third-order valence-electron chi connectivity index (χ3n) is 6.24. The second-order valence-electron chi connectivity index (χ2n) is 8.34. The standard InChI is InChI=1S/C25H29N3O5/c1-33-19-7-8-22-20(15-19)21(17-28(22)10-9-23(29)30)24(25(31)32)27-13-11-26(12-14-27)16-18-5-3-2-4-6-18/h2-8,15,17,24H,9-14,16H2,1H3,(H,29,30)(H,31,32). The monoisotopic (exact) mass is 451 g/mol. The number of benzene rings is 2. The molecule has 33 heavy (non-hydrogen) atoms. The molecule has 2 aromatic carbocycles. The van der Waals surface area contributed by atoms with Crippen molar-refractivity contribution in [3.05, 3.63) is 65.9 Å². The third-order valence-corrected chi connectivity index (χ3v) is 6.24. The first kappa shape index (κ1) is 22.8. The molecule has 0 aliphatic carbocycles. The fourth-order valence-electron chi connectivity index (χ4n) is 4.56. The van der Waals surface area contributed by atoms with Gasteiger partial charge in [0.25, 0.3) is 0 Å². The molecular weight excluding hydrogens is 422 g/mol. The summed E-state index contributed by atoms with van der Waals surface area (Å²) < 4.78 is 7.20. The van der Waals surface area contributed by atoms with E-state index in [-0.39, 0.29) is 13.0 Å². The van der Waals surface area contributed by atoms with Crippen LogP contribution in [-0.4, -0.2) is 69.8 Å². The second kappa shape index (κ2) is 10.1. The van der Waals surface area contributed by atoms with Crippen molar-refractivity contribution < 1.29 is 24.5 Å². The van der Waals surface area contributed by atoms with Gasteiger partial charge in [0, 0.05) is 61.9 Å². The molecule has 1 aliphatic rings.